The Bertz CT molecular complexity index is 928. The second kappa shape index (κ2) is 18.0. The maximum absolute atomic E-state index is 12.9. The number of aromatic nitrogens is 1. The number of thiazole rings is 1. The van der Waals surface area contributed by atoms with Crippen molar-refractivity contribution in [1.29, 1.82) is 0 Å². The Balaban J connectivity index is 0.00000201. The van der Waals surface area contributed by atoms with Crippen LogP contribution in [0.15, 0.2) is 24.3 Å². The normalized spacial score (nSPS) is 16.9. The van der Waals surface area contributed by atoms with E-state index in [0.29, 0.717) is 6.42 Å². The Kier molecular flexibility index (Phi) is 16.9. The topological polar surface area (TPSA) is 103 Å². The number of nitrogens with one attached hydrogen (secondary N) is 1. The van der Waals surface area contributed by atoms with Crippen molar-refractivity contribution in [1.82, 2.24) is 15.2 Å². The monoisotopic (exact) mass is 535 g/mol. The molecule has 1 aliphatic heterocycles. The molecule has 37 heavy (non-hydrogen) atoms. The van der Waals surface area contributed by atoms with Gasteiger partial charge in [-0.1, -0.05) is 79.7 Å². The van der Waals surface area contributed by atoms with E-state index in [1.807, 2.05) is 93.5 Å². The van der Waals surface area contributed by atoms with Crippen LogP contribution in [-0.4, -0.2) is 57.2 Å². The Morgan fingerprint density at radius 1 is 1.08 bits per heavy atom. The fraction of sp³-hybridized carbons (Fsp3) is 0.621. The zero-order chi connectivity index (χ0) is 28.7. The highest BCUT2D eigenvalue weighted by atomic mass is 32.1. The number of carbonyl (C=O) groups excluding carboxylic acids is 2. The summed E-state index contributed by atoms with van der Waals surface area (Å²) in [5.74, 6) is -0.318. The van der Waals surface area contributed by atoms with Crippen LogP contribution in [0.2, 0.25) is 0 Å². The van der Waals surface area contributed by atoms with Gasteiger partial charge in [0.25, 0.3) is 0 Å². The molecular formula is C29H49N3O4S. The SMILES string of the molecule is CC.CC.CC.Cc1nc(C)c(-c2ccc(C(CO)NC(=O)C3CC(O)CN3C(=O)CC(C)C)cc2)s1. The molecule has 3 atom stereocenters. The average molecular weight is 536 g/mol. The largest absolute Gasteiger partial charge is 0.394 e. The van der Waals surface area contributed by atoms with E-state index >= 15 is 0 Å². The molecule has 3 rings (SSSR count). The number of hydrogen-bond acceptors (Lipinski definition) is 6. The Hall–Kier alpha value is -2.29. The standard InChI is InChI=1S/C23H31N3O4S.3C2H6/c1-13(2)9-21(29)26-11-18(28)10-20(26)23(30)25-19(12-27)16-5-7-17(8-6-16)22-14(3)24-15(4)31-22;3*1-2/h5-8,13,18-20,27-28H,9-12H2,1-4H3,(H,25,30);3*1-2H3. The highest BCUT2D eigenvalue weighted by molar-refractivity contribution is 7.15. The van der Waals surface area contributed by atoms with Crippen molar-refractivity contribution in [3.05, 3.63) is 40.5 Å². The molecule has 3 unspecified atom stereocenters. The van der Waals surface area contributed by atoms with E-state index in [4.69, 9.17) is 0 Å². The molecule has 0 aliphatic carbocycles. The first kappa shape index (κ1) is 34.7. The fourth-order valence-corrected chi connectivity index (χ4v) is 4.90. The zero-order valence-corrected chi connectivity index (χ0v) is 25.3. The highest BCUT2D eigenvalue weighted by Crippen LogP contribution is 2.30. The first-order valence-electron chi connectivity index (χ1n) is 13.6. The summed E-state index contributed by atoms with van der Waals surface area (Å²) in [6.07, 6.45) is -0.181. The third-order valence-electron chi connectivity index (χ3n) is 5.46. The number of hydrogen-bond donors (Lipinski definition) is 3. The maximum Gasteiger partial charge on any atom is 0.243 e. The lowest BCUT2D eigenvalue weighted by Gasteiger charge is -2.26. The van der Waals surface area contributed by atoms with Crippen LogP contribution in [0.3, 0.4) is 0 Å². The maximum atomic E-state index is 12.9. The van der Waals surface area contributed by atoms with E-state index in [-0.39, 0.29) is 37.3 Å². The second-order valence-electron chi connectivity index (χ2n) is 8.56. The van der Waals surface area contributed by atoms with E-state index in [0.717, 1.165) is 26.7 Å². The molecule has 8 heteroatoms. The number of likely N-dealkylation sites (tertiary alicyclic amines) is 1. The Morgan fingerprint density at radius 2 is 1.65 bits per heavy atom. The molecule has 1 aromatic heterocycles. The summed E-state index contributed by atoms with van der Waals surface area (Å²) < 4.78 is 0. The molecule has 2 aromatic rings. The molecule has 7 nitrogen and oxygen atoms in total. The molecule has 0 radical (unpaired) electrons. The summed E-state index contributed by atoms with van der Waals surface area (Å²) in [6.45, 7) is 19.7. The quantitative estimate of drug-likeness (QED) is 0.424. The number of benzene rings is 1. The van der Waals surface area contributed by atoms with Crippen molar-refractivity contribution < 1.29 is 19.8 Å². The number of nitrogens with zero attached hydrogens (tertiary/aromatic N) is 2. The predicted octanol–water partition coefficient (Wildman–Crippen LogP) is 5.66. The molecule has 3 N–H and O–H groups in total. The smallest absolute Gasteiger partial charge is 0.243 e. The summed E-state index contributed by atoms with van der Waals surface area (Å²) in [6, 6.07) is 6.37. The van der Waals surface area contributed by atoms with Crippen LogP contribution in [0.25, 0.3) is 10.4 Å². The lowest BCUT2D eigenvalue weighted by molar-refractivity contribution is -0.139. The van der Waals surface area contributed by atoms with Crippen molar-refractivity contribution in [3.63, 3.8) is 0 Å². The lowest BCUT2D eigenvalue weighted by atomic mass is 10.0. The summed E-state index contributed by atoms with van der Waals surface area (Å²) in [5.41, 5.74) is 2.80. The number of carbonyl (C=O) groups is 2. The zero-order valence-electron chi connectivity index (χ0n) is 24.5. The van der Waals surface area contributed by atoms with E-state index in [2.05, 4.69) is 10.3 Å². The molecule has 1 aliphatic rings. The van der Waals surface area contributed by atoms with Crippen molar-refractivity contribution in [2.75, 3.05) is 13.2 Å². The third-order valence-corrected chi connectivity index (χ3v) is 6.58. The van der Waals surface area contributed by atoms with Gasteiger partial charge in [-0.15, -0.1) is 11.3 Å². The average Bonchev–Trinajstić information content (AvgIpc) is 3.47. The van der Waals surface area contributed by atoms with Crippen molar-refractivity contribution in [3.8, 4) is 10.4 Å². The molecular weight excluding hydrogens is 486 g/mol. The summed E-state index contributed by atoms with van der Waals surface area (Å²) in [4.78, 5) is 32.5. The number of amides is 2. The van der Waals surface area contributed by atoms with Gasteiger partial charge < -0.3 is 20.4 Å². The summed E-state index contributed by atoms with van der Waals surface area (Å²) in [5, 5.41) is 23.8. The van der Waals surface area contributed by atoms with Crippen molar-refractivity contribution >= 4 is 23.2 Å². The molecule has 210 valence electrons. The van der Waals surface area contributed by atoms with Gasteiger partial charge in [-0.25, -0.2) is 4.98 Å². The van der Waals surface area contributed by atoms with E-state index < -0.39 is 18.2 Å². The fourth-order valence-electron chi connectivity index (χ4n) is 3.97. The van der Waals surface area contributed by atoms with Gasteiger partial charge in [-0.05, 0) is 30.9 Å². The molecule has 0 bridgehead atoms. The second-order valence-corrected chi connectivity index (χ2v) is 9.77. The number of aliphatic hydroxyl groups is 2. The number of aryl methyl sites for hydroxylation is 2. The molecule has 2 heterocycles. The van der Waals surface area contributed by atoms with E-state index in [1.165, 1.54) is 4.90 Å². The molecule has 0 saturated carbocycles. The minimum atomic E-state index is -0.725. The number of β-amino-alcohol motifs (C(OH)–C–C–N with tert-alkyl or cyclic N) is 1. The van der Waals surface area contributed by atoms with E-state index in [1.54, 1.807) is 11.3 Å². The van der Waals surface area contributed by atoms with Gasteiger partial charge in [0, 0.05) is 19.4 Å². The van der Waals surface area contributed by atoms with Gasteiger partial charge in [0.2, 0.25) is 11.8 Å². The van der Waals surface area contributed by atoms with Crippen LogP contribution in [0, 0.1) is 19.8 Å². The number of aliphatic hydroxyl groups excluding tert-OH is 2. The number of rotatable bonds is 7. The van der Waals surface area contributed by atoms with Crippen LogP contribution in [-0.2, 0) is 9.59 Å². The highest BCUT2D eigenvalue weighted by Gasteiger charge is 2.39. The van der Waals surface area contributed by atoms with Crippen LogP contribution < -0.4 is 5.32 Å². The molecule has 2 amide bonds. The van der Waals surface area contributed by atoms with Crippen LogP contribution in [0.1, 0.15) is 90.5 Å². The first-order chi connectivity index (χ1) is 17.7. The lowest BCUT2D eigenvalue weighted by Crippen LogP contribution is -2.47. The van der Waals surface area contributed by atoms with Gasteiger partial charge in [-0.2, -0.15) is 0 Å². The minimum absolute atomic E-state index is 0.133. The first-order valence-corrected chi connectivity index (χ1v) is 14.4. The Morgan fingerprint density at radius 3 is 2.11 bits per heavy atom. The third kappa shape index (κ3) is 10.2. The molecule has 1 saturated heterocycles. The minimum Gasteiger partial charge on any atom is -0.394 e. The van der Waals surface area contributed by atoms with Crippen molar-refractivity contribution in [2.24, 2.45) is 5.92 Å². The van der Waals surface area contributed by atoms with Crippen molar-refractivity contribution in [2.45, 2.75) is 100 Å². The molecule has 1 aromatic carbocycles. The summed E-state index contributed by atoms with van der Waals surface area (Å²) >= 11 is 1.63. The van der Waals surface area contributed by atoms with Gasteiger partial charge in [0.15, 0.2) is 0 Å². The molecule has 0 spiro atoms. The summed E-state index contributed by atoms with van der Waals surface area (Å²) in [7, 11) is 0. The van der Waals surface area contributed by atoms with Gasteiger partial charge in [0.05, 0.1) is 34.3 Å². The molecule has 1 fully saturated rings. The van der Waals surface area contributed by atoms with Gasteiger partial charge in [-0.3, -0.25) is 9.59 Å². The van der Waals surface area contributed by atoms with Gasteiger partial charge in [0.1, 0.15) is 6.04 Å². The van der Waals surface area contributed by atoms with E-state index in [9.17, 15) is 19.8 Å². The van der Waals surface area contributed by atoms with Crippen LogP contribution in [0.5, 0.6) is 0 Å². The Labute approximate surface area is 228 Å². The van der Waals surface area contributed by atoms with Crippen LogP contribution in [0.4, 0.5) is 0 Å². The predicted molar refractivity (Wildman–Crippen MR) is 155 cm³/mol. The van der Waals surface area contributed by atoms with Crippen LogP contribution >= 0.6 is 11.3 Å². The van der Waals surface area contributed by atoms with Gasteiger partial charge >= 0.3 is 0 Å².